The van der Waals surface area contributed by atoms with E-state index in [0.29, 0.717) is 25.8 Å². The highest BCUT2D eigenvalue weighted by atomic mass is 32.2. The van der Waals surface area contributed by atoms with E-state index in [4.69, 9.17) is 0 Å². The fraction of sp³-hybridized carbons (Fsp3) is 0.846. The standard InChI is InChI=1S/C13H24N2O5S/c1-4-8-14-12(16)9-15(2)21(18,19)11-7-5-6-10(11)13(17)20-3/h10-11H,4-9H2,1-3H3,(H,14,16). The number of esters is 1. The lowest BCUT2D eigenvalue weighted by Crippen LogP contribution is -2.44. The van der Waals surface area contributed by atoms with Gasteiger partial charge in [-0.25, -0.2) is 8.42 Å². The molecule has 0 bridgehead atoms. The number of nitrogens with one attached hydrogen (secondary N) is 1. The van der Waals surface area contributed by atoms with E-state index in [1.165, 1.54) is 14.2 Å². The molecular weight excluding hydrogens is 296 g/mol. The van der Waals surface area contributed by atoms with Crippen LogP contribution in [0.2, 0.25) is 0 Å². The maximum absolute atomic E-state index is 12.5. The number of carbonyl (C=O) groups is 2. The van der Waals surface area contributed by atoms with Crippen molar-refractivity contribution in [3.63, 3.8) is 0 Å². The van der Waals surface area contributed by atoms with Gasteiger partial charge in [-0.15, -0.1) is 0 Å². The Labute approximate surface area is 126 Å². The van der Waals surface area contributed by atoms with E-state index in [1.807, 2.05) is 6.92 Å². The molecule has 0 radical (unpaired) electrons. The molecule has 122 valence electrons. The van der Waals surface area contributed by atoms with Crippen molar-refractivity contribution in [2.24, 2.45) is 5.92 Å². The van der Waals surface area contributed by atoms with Crippen molar-refractivity contribution in [1.82, 2.24) is 9.62 Å². The topological polar surface area (TPSA) is 92.8 Å². The molecule has 0 aromatic carbocycles. The zero-order valence-electron chi connectivity index (χ0n) is 12.8. The molecule has 0 aromatic heterocycles. The van der Waals surface area contributed by atoms with Crippen molar-refractivity contribution >= 4 is 21.9 Å². The SMILES string of the molecule is CCCNC(=O)CN(C)S(=O)(=O)C1CCCC1C(=O)OC. The number of rotatable bonds is 7. The Morgan fingerprint density at radius 2 is 2.00 bits per heavy atom. The quantitative estimate of drug-likeness (QED) is 0.672. The van der Waals surface area contributed by atoms with Crippen molar-refractivity contribution < 1.29 is 22.7 Å². The Bertz CT molecular complexity index is 477. The third-order valence-electron chi connectivity index (χ3n) is 3.71. The minimum atomic E-state index is -3.69. The minimum absolute atomic E-state index is 0.229. The first-order chi connectivity index (χ1) is 9.84. The van der Waals surface area contributed by atoms with E-state index in [2.05, 4.69) is 10.1 Å². The highest BCUT2D eigenvalue weighted by Crippen LogP contribution is 2.33. The van der Waals surface area contributed by atoms with Crippen LogP contribution in [0.3, 0.4) is 0 Å². The van der Waals surface area contributed by atoms with Crippen LogP contribution in [-0.4, -0.2) is 57.1 Å². The van der Waals surface area contributed by atoms with E-state index in [-0.39, 0.29) is 12.5 Å². The van der Waals surface area contributed by atoms with Gasteiger partial charge in [0.15, 0.2) is 0 Å². The van der Waals surface area contributed by atoms with Crippen molar-refractivity contribution in [2.45, 2.75) is 37.9 Å². The molecule has 7 nitrogen and oxygen atoms in total. The van der Waals surface area contributed by atoms with Gasteiger partial charge in [-0.2, -0.15) is 4.31 Å². The Balaban J connectivity index is 2.75. The normalized spacial score (nSPS) is 22.3. The fourth-order valence-corrected chi connectivity index (χ4v) is 4.43. The second-order valence-corrected chi connectivity index (χ2v) is 7.51. The molecule has 0 spiro atoms. The van der Waals surface area contributed by atoms with Crippen LogP contribution in [0.1, 0.15) is 32.6 Å². The fourth-order valence-electron chi connectivity index (χ4n) is 2.55. The van der Waals surface area contributed by atoms with Gasteiger partial charge in [-0.1, -0.05) is 13.3 Å². The Morgan fingerprint density at radius 1 is 1.33 bits per heavy atom. The average Bonchev–Trinajstić information content (AvgIpc) is 2.94. The molecule has 0 aromatic rings. The predicted octanol–water partition coefficient (Wildman–Crippen LogP) is 0.116. The smallest absolute Gasteiger partial charge is 0.310 e. The molecule has 2 atom stereocenters. The Morgan fingerprint density at radius 3 is 2.57 bits per heavy atom. The van der Waals surface area contributed by atoms with Crippen molar-refractivity contribution in [2.75, 3.05) is 27.2 Å². The summed E-state index contributed by atoms with van der Waals surface area (Å²) in [6.45, 7) is 2.20. The molecule has 1 aliphatic carbocycles. The van der Waals surface area contributed by atoms with Crippen LogP contribution >= 0.6 is 0 Å². The molecule has 2 unspecified atom stereocenters. The minimum Gasteiger partial charge on any atom is -0.469 e. The van der Waals surface area contributed by atoms with Crippen LogP contribution in [-0.2, 0) is 24.3 Å². The number of hydrogen-bond donors (Lipinski definition) is 1. The average molecular weight is 320 g/mol. The van der Waals surface area contributed by atoms with Gasteiger partial charge in [0.25, 0.3) is 0 Å². The van der Waals surface area contributed by atoms with Crippen molar-refractivity contribution in [3.8, 4) is 0 Å². The van der Waals surface area contributed by atoms with E-state index >= 15 is 0 Å². The van der Waals surface area contributed by atoms with Crippen molar-refractivity contribution in [1.29, 1.82) is 0 Å². The summed E-state index contributed by atoms with van der Waals surface area (Å²) in [5.74, 6) is -1.47. The second kappa shape index (κ2) is 7.74. The molecule has 0 saturated heterocycles. The van der Waals surface area contributed by atoms with Gasteiger partial charge in [0.05, 0.1) is 24.8 Å². The van der Waals surface area contributed by atoms with Gasteiger partial charge in [-0.3, -0.25) is 9.59 Å². The summed E-state index contributed by atoms with van der Waals surface area (Å²) in [6, 6.07) is 0. The molecule has 1 fully saturated rings. The van der Waals surface area contributed by atoms with E-state index in [1.54, 1.807) is 0 Å². The number of ether oxygens (including phenoxy) is 1. The number of carbonyl (C=O) groups excluding carboxylic acids is 2. The molecule has 1 amide bonds. The maximum atomic E-state index is 12.5. The van der Waals surface area contributed by atoms with Crippen LogP contribution < -0.4 is 5.32 Å². The van der Waals surface area contributed by atoms with Gasteiger partial charge in [0.2, 0.25) is 15.9 Å². The molecular formula is C13H24N2O5S. The summed E-state index contributed by atoms with van der Waals surface area (Å²) in [5, 5.41) is 1.84. The molecule has 8 heteroatoms. The first kappa shape index (κ1) is 17.9. The van der Waals surface area contributed by atoms with Gasteiger partial charge < -0.3 is 10.1 Å². The summed E-state index contributed by atoms with van der Waals surface area (Å²) >= 11 is 0. The molecule has 0 aliphatic heterocycles. The molecule has 0 heterocycles. The maximum Gasteiger partial charge on any atom is 0.310 e. The predicted molar refractivity (Wildman–Crippen MR) is 78.0 cm³/mol. The number of methoxy groups -OCH3 is 1. The van der Waals surface area contributed by atoms with Gasteiger partial charge in [0, 0.05) is 13.6 Å². The third kappa shape index (κ3) is 4.41. The van der Waals surface area contributed by atoms with Gasteiger partial charge in [-0.05, 0) is 19.3 Å². The van der Waals surface area contributed by atoms with E-state index in [0.717, 1.165) is 10.7 Å². The zero-order valence-corrected chi connectivity index (χ0v) is 13.6. The van der Waals surface area contributed by atoms with Gasteiger partial charge >= 0.3 is 5.97 Å². The van der Waals surface area contributed by atoms with Crippen LogP contribution in [0.25, 0.3) is 0 Å². The number of amides is 1. The molecule has 1 aliphatic rings. The van der Waals surface area contributed by atoms with Crippen LogP contribution in [0, 0.1) is 5.92 Å². The number of nitrogens with zero attached hydrogens (tertiary/aromatic N) is 1. The number of sulfonamides is 1. The summed E-state index contributed by atoms with van der Waals surface area (Å²) in [5.41, 5.74) is 0. The Hall–Kier alpha value is -1.15. The number of hydrogen-bond acceptors (Lipinski definition) is 5. The van der Waals surface area contributed by atoms with E-state index < -0.39 is 27.2 Å². The third-order valence-corrected chi connectivity index (χ3v) is 6.04. The summed E-state index contributed by atoms with van der Waals surface area (Å²) in [6.07, 6.45) is 2.38. The monoisotopic (exact) mass is 320 g/mol. The highest BCUT2D eigenvalue weighted by molar-refractivity contribution is 7.89. The van der Waals surface area contributed by atoms with Crippen LogP contribution in [0.4, 0.5) is 0 Å². The first-order valence-corrected chi connectivity index (χ1v) is 8.64. The summed E-state index contributed by atoms with van der Waals surface area (Å²) in [4.78, 5) is 23.3. The summed E-state index contributed by atoms with van der Waals surface area (Å²) < 4.78 is 30.7. The Kier molecular flexibility index (Phi) is 6.60. The molecule has 1 N–H and O–H groups in total. The summed E-state index contributed by atoms with van der Waals surface area (Å²) in [7, 11) is -1.07. The highest BCUT2D eigenvalue weighted by Gasteiger charge is 2.44. The first-order valence-electron chi connectivity index (χ1n) is 7.14. The number of likely N-dealkylation sites (N-methyl/N-ethyl adjacent to an activating group) is 1. The van der Waals surface area contributed by atoms with Gasteiger partial charge in [0.1, 0.15) is 0 Å². The largest absolute Gasteiger partial charge is 0.469 e. The molecule has 21 heavy (non-hydrogen) atoms. The lowest BCUT2D eigenvalue weighted by molar-refractivity contribution is -0.145. The van der Waals surface area contributed by atoms with Crippen LogP contribution in [0.15, 0.2) is 0 Å². The lowest BCUT2D eigenvalue weighted by atomic mass is 10.1. The zero-order chi connectivity index (χ0) is 16.0. The lowest BCUT2D eigenvalue weighted by Gasteiger charge is -2.24. The second-order valence-electron chi connectivity index (χ2n) is 5.25. The van der Waals surface area contributed by atoms with E-state index in [9.17, 15) is 18.0 Å². The molecule has 1 rings (SSSR count). The van der Waals surface area contributed by atoms with Crippen LogP contribution in [0.5, 0.6) is 0 Å². The van der Waals surface area contributed by atoms with Crippen molar-refractivity contribution in [3.05, 3.63) is 0 Å². The molecule has 1 saturated carbocycles.